The average Bonchev–Trinajstić information content (AvgIpc) is 2.25. The SMILES string of the molecule is O=C(O)[C@@H]1Cc2cc(I)ccc2O[C@@H]1C(F)(F)F. The monoisotopic (exact) mass is 372 g/mol. The number of rotatable bonds is 1. The summed E-state index contributed by atoms with van der Waals surface area (Å²) in [4.78, 5) is 10.9. The molecule has 1 aromatic rings. The van der Waals surface area contributed by atoms with Crippen molar-refractivity contribution in [1.29, 1.82) is 0 Å². The zero-order valence-electron chi connectivity index (χ0n) is 8.87. The Morgan fingerprint density at radius 3 is 2.67 bits per heavy atom. The predicted molar refractivity (Wildman–Crippen MR) is 64.5 cm³/mol. The molecule has 0 spiro atoms. The van der Waals surface area contributed by atoms with Crippen LogP contribution < -0.4 is 4.74 Å². The molecule has 0 saturated carbocycles. The van der Waals surface area contributed by atoms with Gasteiger partial charge in [-0.05, 0) is 52.8 Å². The van der Waals surface area contributed by atoms with E-state index < -0.39 is 24.2 Å². The topological polar surface area (TPSA) is 46.5 Å². The molecule has 7 heteroatoms. The predicted octanol–water partition coefficient (Wildman–Crippen LogP) is 2.86. The third kappa shape index (κ3) is 2.55. The van der Waals surface area contributed by atoms with Crippen LogP contribution in [0, 0.1) is 9.49 Å². The van der Waals surface area contributed by atoms with Gasteiger partial charge in [-0.3, -0.25) is 4.79 Å². The van der Waals surface area contributed by atoms with Crippen LogP contribution in [0.4, 0.5) is 13.2 Å². The van der Waals surface area contributed by atoms with Gasteiger partial charge in [-0.1, -0.05) is 0 Å². The van der Waals surface area contributed by atoms with Crippen molar-refractivity contribution in [3.05, 3.63) is 27.3 Å². The lowest BCUT2D eigenvalue weighted by atomic mass is 9.90. The van der Waals surface area contributed by atoms with E-state index in [1.165, 1.54) is 6.07 Å². The van der Waals surface area contributed by atoms with Gasteiger partial charge < -0.3 is 9.84 Å². The maximum absolute atomic E-state index is 12.7. The molecule has 3 nitrogen and oxygen atoms in total. The number of carboxylic acids is 1. The maximum atomic E-state index is 12.7. The molecule has 1 aliphatic rings. The van der Waals surface area contributed by atoms with Crippen molar-refractivity contribution in [3.63, 3.8) is 0 Å². The molecule has 0 saturated heterocycles. The van der Waals surface area contributed by atoms with Gasteiger partial charge in [-0.15, -0.1) is 0 Å². The number of halogens is 4. The highest BCUT2D eigenvalue weighted by Crippen LogP contribution is 2.38. The second-order valence-corrected chi connectivity index (χ2v) is 5.23. The highest BCUT2D eigenvalue weighted by atomic mass is 127. The number of fused-ring (bicyclic) bond motifs is 1. The summed E-state index contributed by atoms with van der Waals surface area (Å²) in [6, 6.07) is 4.69. The molecule has 1 heterocycles. The van der Waals surface area contributed by atoms with Gasteiger partial charge >= 0.3 is 12.1 Å². The summed E-state index contributed by atoms with van der Waals surface area (Å²) < 4.78 is 43.8. The number of alkyl halides is 3. The Morgan fingerprint density at radius 1 is 1.44 bits per heavy atom. The van der Waals surface area contributed by atoms with E-state index >= 15 is 0 Å². The Balaban J connectivity index is 2.40. The van der Waals surface area contributed by atoms with Crippen molar-refractivity contribution >= 4 is 28.6 Å². The first kappa shape index (κ1) is 13.4. The van der Waals surface area contributed by atoms with Crippen molar-refractivity contribution in [2.75, 3.05) is 0 Å². The fourth-order valence-corrected chi connectivity index (χ4v) is 2.45. The molecule has 0 aromatic heterocycles. The van der Waals surface area contributed by atoms with E-state index in [0.29, 0.717) is 5.56 Å². The number of aliphatic carboxylic acids is 1. The maximum Gasteiger partial charge on any atom is 0.426 e. The molecular formula is C11H8F3IO3. The quantitative estimate of drug-likeness (QED) is 0.772. The van der Waals surface area contributed by atoms with Crippen LogP contribution >= 0.6 is 22.6 Å². The highest BCUT2D eigenvalue weighted by molar-refractivity contribution is 14.1. The Kier molecular flexibility index (Phi) is 3.43. The van der Waals surface area contributed by atoms with Gasteiger partial charge in [0, 0.05) is 3.57 Å². The van der Waals surface area contributed by atoms with Crippen LogP contribution in [-0.2, 0) is 11.2 Å². The average molecular weight is 372 g/mol. The number of benzene rings is 1. The zero-order chi connectivity index (χ0) is 13.5. The van der Waals surface area contributed by atoms with Crippen molar-refractivity contribution in [3.8, 4) is 5.75 Å². The summed E-state index contributed by atoms with van der Waals surface area (Å²) in [7, 11) is 0. The molecule has 0 aliphatic carbocycles. The van der Waals surface area contributed by atoms with E-state index in [1.54, 1.807) is 12.1 Å². The standard InChI is InChI=1S/C11H8F3IO3/c12-11(13,14)9-7(10(16)17)4-5-3-6(15)1-2-8(5)18-9/h1-3,7,9H,4H2,(H,16,17)/t7-,9+/m1/s1. The smallest absolute Gasteiger partial charge is 0.426 e. The van der Waals surface area contributed by atoms with E-state index in [2.05, 4.69) is 0 Å². The Bertz CT molecular complexity index is 487. The third-order valence-electron chi connectivity index (χ3n) is 2.72. The minimum Gasteiger partial charge on any atom is -0.481 e. The van der Waals surface area contributed by atoms with Crippen LogP contribution in [0.1, 0.15) is 5.56 Å². The van der Waals surface area contributed by atoms with Crippen LogP contribution in [0.5, 0.6) is 5.75 Å². The van der Waals surface area contributed by atoms with Gasteiger partial charge in [0.2, 0.25) is 6.10 Å². The summed E-state index contributed by atoms with van der Waals surface area (Å²) in [5.74, 6) is -2.99. The van der Waals surface area contributed by atoms with Crippen LogP contribution in [0.3, 0.4) is 0 Å². The van der Waals surface area contributed by atoms with E-state index in [4.69, 9.17) is 9.84 Å². The van der Waals surface area contributed by atoms with Crippen molar-refractivity contribution < 1.29 is 27.8 Å². The highest BCUT2D eigenvalue weighted by Gasteiger charge is 2.52. The lowest BCUT2D eigenvalue weighted by Gasteiger charge is -2.32. The Labute approximate surface area is 114 Å². The minimum absolute atomic E-state index is 0.107. The lowest BCUT2D eigenvalue weighted by molar-refractivity contribution is -0.217. The van der Waals surface area contributed by atoms with Gasteiger partial charge in [-0.2, -0.15) is 13.2 Å². The summed E-state index contributed by atoms with van der Waals surface area (Å²) in [6.45, 7) is 0. The third-order valence-corrected chi connectivity index (χ3v) is 3.39. The van der Waals surface area contributed by atoms with Crippen LogP contribution in [0.2, 0.25) is 0 Å². The second-order valence-electron chi connectivity index (χ2n) is 3.98. The van der Waals surface area contributed by atoms with Crippen molar-refractivity contribution in [1.82, 2.24) is 0 Å². The van der Waals surface area contributed by atoms with Crippen LogP contribution in [0.25, 0.3) is 0 Å². The number of carbonyl (C=O) groups is 1. The molecule has 0 fully saturated rings. The number of hydrogen-bond donors (Lipinski definition) is 1. The summed E-state index contributed by atoms with van der Waals surface area (Å²) in [6.07, 6.45) is -7.15. The van der Waals surface area contributed by atoms with E-state index in [1.807, 2.05) is 22.6 Å². The molecule has 0 unspecified atom stereocenters. The molecule has 2 rings (SSSR count). The molecular weight excluding hydrogens is 364 g/mol. The Morgan fingerprint density at radius 2 is 2.11 bits per heavy atom. The van der Waals surface area contributed by atoms with Gasteiger partial charge in [-0.25, -0.2) is 0 Å². The number of hydrogen-bond acceptors (Lipinski definition) is 2. The first-order valence-electron chi connectivity index (χ1n) is 5.03. The first-order valence-corrected chi connectivity index (χ1v) is 6.11. The van der Waals surface area contributed by atoms with Gasteiger partial charge in [0.05, 0.1) is 0 Å². The first-order chi connectivity index (χ1) is 8.29. The molecule has 0 radical (unpaired) electrons. The lowest BCUT2D eigenvalue weighted by Crippen LogP contribution is -2.47. The molecule has 0 bridgehead atoms. The molecule has 1 aromatic carbocycles. The van der Waals surface area contributed by atoms with Crippen LogP contribution in [-0.4, -0.2) is 23.4 Å². The summed E-state index contributed by atoms with van der Waals surface area (Å²) >= 11 is 2.01. The van der Waals surface area contributed by atoms with Crippen molar-refractivity contribution in [2.24, 2.45) is 5.92 Å². The molecule has 18 heavy (non-hydrogen) atoms. The molecule has 1 N–H and O–H groups in total. The fourth-order valence-electron chi connectivity index (χ4n) is 1.90. The van der Waals surface area contributed by atoms with Gasteiger partial charge in [0.25, 0.3) is 0 Å². The van der Waals surface area contributed by atoms with Crippen molar-refractivity contribution in [2.45, 2.75) is 18.7 Å². The molecule has 0 amide bonds. The minimum atomic E-state index is -4.69. The summed E-state index contributed by atoms with van der Waals surface area (Å²) in [5.41, 5.74) is 0.495. The molecule has 98 valence electrons. The van der Waals surface area contributed by atoms with Gasteiger partial charge in [0.1, 0.15) is 11.7 Å². The van der Waals surface area contributed by atoms with Crippen LogP contribution in [0.15, 0.2) is 18.2 Å². The molecule has 2 atom stereocenters. The number of ether oxygens (including phenoxy) is 1. The van der Waals surface area contributed by atoms with Gasteiger partial charge in [0.15, 0.2) is 0 Å². The number of carboxylic acid groups (broad SMARTS) is 1. The largest absolute Gasteiger partial charge is 0.481 e. The zero-order valence-corrected chi connectivity index (χ0v) is 11.0. The fraction of sp³-hybridized carbons (Fsp3) is 0.364. The molecule has 1 aliphatic heterocycles. The van der Waals surface area contributed by atoms with E-state index in [-0.39, 0.29) is 12.2 Å². The second kappa shape index (κ2) is 4.60. The normalized spacial score (nSPS) is 23.1. The van der Waals surface area contributed by atoms with E-state index in [9.17, 15) is 18.0 Å². The van der Waals surface area contributed by atoms with E-state index in [0.717, 1.165) is 3.57 Å². The Hall–Kier alpha value is -0.990. The summed E-state index contributed by atoms with van der Waals surface area (Å²) in [5, 5.41) is 8.88.